The number of hydrogen-bond acceptors (Lipinski definition) is 2. The van der Waals surface area contributed by atoms with Gasteiger partial charge in [-0.05, 0) is 34.1 Å². The van der Waals surface area contributed by atoms with Gasteiger partial charge >= 0.3 is 0 Å². The predicted molar refractivity (Wildman–Crippen MR) is 60.2 cm³/mol. The van der Waals surface area contributed by atoms with Crippen molar-refractivity contribution < 1.29 is 4.74 Å². The highest BCUT2D eigenvalue weighted by molar-refractivity contribution is 4.93. The highest BCUT2D eigenvalue weighted by atomic mass is 16.5. The molecule has 0 bridgehead atoms. The summed E-state index contributed by atoms with van der Waals surface area (Å²) in [7, 11) is 0. The molecule has 0 aromatic heterocycles. The molecule has 0 saturated carbocycles. The Morgan fingerprint density at radius 3 is 2.57 bits per heavy atom. The smallest absolute Gasteiger partial charge is 0.0598 e. The lowest BCUT2D eigenvalue weighted by Crippen LogP contribution is -2.25. The average Bonchev–Trinajstić information content (AvgIpc) is 2.47. The minimum Gasteiger partial charge on any atom is -0.376 e. The molecule has 1 unspecified atom stereocenters. The van der Waals surface area contributed by atoms with E-state index in [9.17, 15) is 0 Å². The highest BCUT2D eigenvalue weighted by Gasteiger charge is 2.23. The van der Waals surface area contributed by atoms with Gasteiger partial charge in [0, 0.05) is 24.7 Å². The van der Waals surface area contributed by atoms with Gasteiger partial charge < -0.3 is 9.64 Å². The maximum atomic E-state index is 5.78. The maximum absolute atomic E-state index is 5.78. The molecule has 0 aliphatic carbocycles. The summed E-state index contributed by atoms with van der Waals surface area (Å²) in [4.78, 5) is 2.34. The molecule has 1 heterocycles. The van der Waals surface area contributed by atoms with Crippen molar-refractivity contribution in [3.63, 3.8) is 0 Å². The number of ether oxygens (including phenoxy) is 1. The van der Waals surface area contributed by atoms with Crippen molar-refractivity contribution in [3.05, 3.63) is 12.3 Å². The van der Waals surface area contributed by atoms with Crippen LogP contribution in [0.3, 0.4) is 0 Å². The zero-order chi connectivity index (χ0) is 10.8. The van der Waals surface area contributed by atoms with Crippen LogP contribution in [0.15, 0.2) is 12.3 Å². The van der Waals surface area contributed by atoms with E-state index >= 15 is 0 Å². The first-order valence-electron chi connectivity index (χ1n) is 5.43. The van der Waals surface area contributed by atoms with Crippen molar-refractivity contribution in [2.45, 2.75) is 39.7 Å². The molecule has 14 heavy (non-hydrogen) atoms. The minimum atomic E-state index is -0.00333. The molecule has 82 valence electrons. The first-order chi connectivity index (χ1) is 6.38. The average molecular weight is 197 g/mol. The molecule has 0 aromatic rings. The van der Waals surface area contributed by atoms with Gasteiger partial charge in [-0.2, -0.15) is 0 Å². The molecular formula is C12H23NO. The van der Waals surface area contributed by atoms with E-state index in [-0.39, 0.29) is 5.60 Å². The van der Waals surface area contributed by atoms with E-state index in [0.717, 1.165) is 19.7 Å². The molecule has 1 aliphatic rings. The van der Waals surface area contributed by atoms with Crippen LogP contribution < -0.4 is 0 Å². The Kier molecular flexibility index (Phi) is 3.59. The Labute approximate surface area is 87.9 Å². The zero-order valence-corrected chi connectivity index (χ0v) is 9.97. The quantitative estimate of drug-likeness (QED) is 0.689. The van der Waals surface area contributed by atoms with E-state index in [1.165, 1.54) is 12.1 Å². The van der Waals surface area contributed by atoms with Crippen molar-refractivity contribution in [3.8, 4) is 0 Å². The van der Waals surface area contributed by atoms with E-state index in [2.05, 4.69) is 39.2 Å². The van der Waals surface area contributed by atoms with Gasteiger partial charge in [0.25, 0.3) is 0 Å². The molecule has 0 radical (unpaired) electrons. The number of hydrogen-bond donors (Lipinski definition) is 0. The molecule has 1 atom stereocenters. The van der Waals surface area contributed by atoms with Crippen LogP contribution in [0.25, 0.3) is 0 Å². The van der Waals surface area contributed by atoms with Gasteiger partial charge in [-0.15, -0.1) is 0 Å². The van der Waals surface area contributed by atoms with Crippen LogP contribution in [0.5, 0.6) is 0 Å². The normalized spacial score (nSPS) is 22.9. The lowest BCUT2D eigenvalue weighted by atomic mass is 10.1. The maximum Gasteiger partial charge on any atom is 0.0598 e. The van der Waals surface area contributed by atoms with E-state index in [1.54, 1.807) is 0 Å². The van der Waals surface area contributed by atoms with Gasteiger partial charge in [0.2, 0.25) is 0 Å². The Morgan fingerprint density at radius 2 is 2.14 bits per heavy atom. The van der Waals surface area contributed by atoms with Gasteiger partial charge in [-0.25, -0.2) is 0 Å². The highest BCUT2D eigenvalue weighted by Crippen LogP contribution is 2.21. The lowest BCUT2D eigenvalue weighted by molar-refractivity contribution is -0.0201. The van der Waals surface area contributed by atoms with Crippen LogP contribution in [0, 0.1) is 5.92 Å². The second-order valence-electron chi connectivity index (χ2n) is 5.26. The molecule has 0 spiro atoms. The topological polar surface area (TPSA) is 12.5 Å². The summed E-state index contributed by atoms with van der Waals surface area (Å²) in [5, 5.41) is 0. The largest absolute Gasteiger partial charge is 0.376 e. The zero-order valence-electron chi connectivity index (χ0n) is 9.97. The molecule has 1 fully saturated rings. The number of likely N-dealkylation sites (tertiary alicyclic amines) is 1. The monoisotopic (exact) mass is 197 g/mol. The van der Waals surface area contributed by atoms with Crippen LogP contribution >= 0.6 is 0 Å². The molecule has 1 rings (SSSR count). The van der Waals surface area contributed by atoms with Gasteiger partial charge in [-0.3, -0.25) is 0 Å². The third kappa shape index (κ3) is 3.70. The second kappa shape index (κ2) is 4.35. The minimum absolute atomic E-state index is 0.00333. The summed E-state index contributed by atoms with van der Waals surface area (Å²) >= 11 is 0. The van der Waals surface area contributed by atoms with Gasteiger partial charge in [0.05, 0.1) is 12.2 Å². The van der Waals surface area contributed by atoms with Crippen molar-refractivity contribution in [2.75, 3.05) is 19.7 Å². The summed E-state index contributed by atoms with van der Waals surface area (Å²) in [6.45, 7) is 15.5. The van der Waals surface area contributed by atoms with E-state index in [0.29, 0.717) is 5.92 Å². The van der Waals surface area contributed by atoms with Crippen molar-refractivity contribution in [2.24, 2.45) is 5.92 Å². The summed E-state index contributed by atoms with van der Waals surface area (Å²) < 4.78 is 5.78. The Balaban J connectivity index is 2.26. The van der Waals surface area contributed by atoms with E-state index in [4.69, 9.17) is 4.74 Å². The van der Waals surface area contributed by atoms with Crippen LogP contribution in [-0.2, 0) is 4.74 Å². The SMILES string of the molecule is C=C(C)N1CCC(COC(C)(C)C)C1. The second-order valence-corrected chi connectivity index (χ2v) is 5.26. The van der Waals surface area contributed by atoms with Crippen molar-refractivity contribution in [1.82, 2.24) is 4.90 Å². The predicted octanol–water partition coefficient (Wildman–Crippen LogP) is 2.66. The third-order valence-corrected chi connectivity index (χ3v) is 2.58. The Hall–Kier alpha value is -0.500. The van der Waals surface area contributed by atoms with Gasteiger partial charge in [0.1, 0.15) is 0 Å². The standard InChI is InChI=1S/C12H23NO/c1-10(2)13-7-6-11(8-13)9-14-12(3,4)5/h11H,1,6-9H2,2-5H3. The third-order valence-electron chi connectivity index (χ3n) is 2.58. The molecule has 0 aromatic carbocycles. The summed E-state index contributed by atoms with van der Waals surface area (Å²) in [6, 6.07) is 0. The summed E-state index contributed by atoms with van der Waals surface area (Å²) in [5.74, 6) is 0.686. The molecule has 0 amide bonds. The molecular weight excluding hydrogens is 174 g/mol. The fourth-order valence-corrected chi connectivity index (χ4v) is 1.68. The van der Waals surface area contributed by atoms with Gasteiger partial charge in [-0.1, -0.05) is 6.58 Å². The van der Waals surface area contributed by atoms with Crippen LogP contribution in [0.4, 0.5) is 0 Å². The van der Waals surface area contributed by atoms with Crippen LogP contribution in [0.1, 0.15) is 34.1 Å². The fourth-order valence-electron chi connectivity index (χ4n) is 1.68. The number of rotatable bonds is 3. The van der Waals surface area contributed by atoms with Crippen LogP contribution in [0.2, 0.25) is 0 Å². The first-order valence-corrected chi connectivity index (χ1v) is 5.43. The first kappa shape index (κ1) is 11.6. The van der Waals surface area contributed by atoms with Gasteiger partial charge in [0.15, 0.2) is 0 Å². The number of allylic oxidation sites excluding steroid dienone is 1. The van der Waals surface area contributed by atoms with E-state index in [1.807, 2.05) is 0 Å². The Bertz CT molecular complexity index is 205. The van der Waals surface area contributed by atoms with Crippen molar-refractivity contribution >= 4 is 0 Å². The van der Waals surface area contributed by atoms with Crippen molar-refractivity contribution in [1.29, 1.82) is 0 Å². The molecule has 2 nitrogen and oxygen atoms in total. The molecule has 2 heteroatoms. The Morgan fingerprint density at radius 1 is 1.50 bits per heavy atom. The lowest BCUT2D eigenvalue weighted by Gasteiger charge is -2.23. The van der Waals surface area contributed by atoms with Crippen LogP contribution in [-0.4, -0.2) is 30.2 Å². The fraction of sp³-hybridized carbons (Fsp3) is 0.833. The molecule has 1 aliphatic heterocycles. The summed E-state index contributed by atoms with van der Waals surface area (Å²) in [5.41, 5.74) is 1.18. The summed E-state index contributed by atoms with van der Waals surface area (Å²) in [6.07, 6.45) is 1.24. The molecule has 1 saturated heterocycles. The molecule has 0 N–H and O–H groups in total. The van der Waals surface area contributed by atoms with E-state index < -0.39 is 0 Å². The number of nitrogens with zero attached hydrogens (tertiary/aromatic N) is 1.